The molecule has 3 N–H and O–H groups in total. The summed E-state index contributed by atoms with van der Waals surface area (Å²) in [5.41, 5.74) is 6.26. The van der Waals surface area contributed by atoms with Crippen LogP contribution in [0.4, 0.5) is 0 Å². The molecule has 0 atom stereocenters. The van der Waals surface area contributed by atoms with E-state index in [4.69, 9.17) is 17.3 Å². The number of nitrogens with one attached hydrogen (secondary N) is 1. The van der Waals surface area contributed by atoms with Crippen LogP contribution >= 0.6 is 11.6 Å². The maximum Gasteiger partial charge on any atom is 0.240 e. The Balaban J connectivity index is 1.96. The molecule has 1 aliphatic carbocycles. The van der Waals surface area contributed by atoms with Gasteiger partial charge in [0.15, 0.2) is 0 Å². The van der Waals surface area contributed by atoms with Gasteiger partial charge >= 0.3 is 0 Å². The highest BCUT2D eigenvalue weighted by molar-refractivity contribution is 7.89. The molecule has 0 heterocycles. The average molecular weight is 332 g/mol. The van der Waals surface area contributed by atoms with Crippen molar-refractivity contribution < 1.29 is 8.42 Å². The van der Waals surface area contributed by atoms with Crippen molar-refractivity contribution in [1.29, 1.82) is 0 Å². The van der Waals surface area contributed by atoms with Crippen LogP contribution in [0.5, 0.6) is 0 Å². The van der Waals surface area contributed by atoms with Gasteiger partial charge in [0.25, 0.3) is 0 Å². The van der Waals surface area contributed by atoms with Gasteiger partial charge in [-0.05, 0) is 37.1 Å². The van der Waals surface area contributed by atoms with Crippen LogP contribution in [0.3, 0.4) is 0 Å². The first-order valence-electron chi connectivity index (χ1n) is 7.20. The van der Waals surface area contributed by atoms with Gasteiger partial charge in [-0.1, -0.05) is 24.6 Å². The second-order valence-corrected chi connectivity index (χ2v) is 7.39. The van der Waals surface area contributed by atoms with E-state index < -0.39 is 10.0 Å². The first-order chi connectivity index (χ1) is 9.97. The van der Waals surface area contributed by atoms with E-state index in [9.17, 15) is 8.42 Å². The smallest absolute Gasteiger partial charge is 0.240 e. The topological polar surface area (TPSA) is 75.4 Å². The molecule has 1 aliphatic rings. The molecule has 2 rings (SSSR count). The van der Waals surface area contributed by atoms with Gasteiger partial charge in [-0.3, -0.25) is 4.90 Å². The van der Waals surface area contributed by atoms with Gasteiger partial charge in [-0.25, -0.2) is 13.1 Å². The summed E-state index contributed by atoms with van der Waals surface area (Å²) in [6.45, 7) is 4.47. The fourth-order valence-electron chi connectivity index (χ4n) is 2.31. The zero-order valence-corrected chi connectivity index (χ0v) is 13.8. The fraction of sp³-hybridized carbons (Fsp3) is 0.571. The molecule has 0 radical (unpaired) electrons. The molecule has 1 fully saturated rings. The van der Waals surface area contributed by atoms with Crippen molar-refractivity contribution in [3.8, 4) is 0 Å². The Kier molecular flexibility index (Phi) is 5.62. The third-order valence-electron chi connectivity index (χ3n) is 3.72. The highest BCUT2D eigenvalue weighted by Gasteiger charge is 2.27. The number of nitrogens with zero attached hydrogens (tertiary/aromatic N) is 1. The summed E-state index contributed by atoms with van der Waals surface area (Å²) < 4.78 is 27.1. The average Bonchev–Trinajstić information content (AvgIpc) is 3.28. The first-order valence-corrected chi connectivity index (χ1v) is 9.06. The molecule has 1 aromatic carbocycles. The molecule has 7 heteroatoms. The zero-order valence-electron chi connectivity index (χ0n) is 12.2. The second kappa shape index (κ2) is 7.07. The lowest BCUT2D eigenvalue weighted by Gasteiger charge is -2.19. The van der Waals surface area contributed by atoms with Gasteiger partial charge in [0.2, 0.25) is 10.0 Å². The zero-order chi connectivity index (χ0) is 15.5. The lowest BCUT2D eigenvalue weighted by atomic mass is 10.2. The summed E-state index contributed by atoms with van der Waals surface area (Å²) in [7, 11) is -3.52. The number of sulfonamides is 1. The molecule has 118 valence electrons. The van der Waals surface area contributed by atoms with Crippen molar-refractivity contribution in [2.75, 3.05) is 19.6 Å². The Hall–Kier alpha value is -0.660. The number of hydrogen-bond donors (Lipinski definition) is 2. The Labute approximate surface area is 131 Å². The van der Waals surface area contributed by atoms with E-state index in [0.717, 1.165) is 18.7 Å². The van der Waals surface area contributed by atoms with Gasteiger partial charge in [-0.15, -0.1) is 0 Å². The molecule has 0 spiro atoms. The Morgan fingerprint density at radius 1 is 1.43 bits per heavy atom. The third kappa shape index (κ3) is 4.40. The summed E-state index contributed by atoms with van der Waals surface area (Å²) in [5, 5.41) is 0.383. The first kappa shape index (κ1) is 16.7. The molecule has 0 bridgehead atoms. The highest BCUT2D eigenvalue weighted by atomic mass is 35.5. The van der Waals surface area contributed by atoms with Crippen molar-refractivity contribution in [2.24, 2.45) is 5.73 Å². The predicted molar refractivity (Wildman–Crippen MR) is 84.8 cm³/mol. The maximum atomic E-state index is 12.2. The number of benzene rings is 1. The number of nitrogens with two attached hydrogens (primary N) is 1. The summed E-state index contributed by atoms with van der Waals surface area (Å²) in [4.78, 5) is 2.48. The van der Waals surface area contributed by atoms with Crippen molar-refractivity contribution >= 4 is 21.6 Å². The molecule has 1 aromatic rings. The number of likely N-dealkylation sites (N-methyl/N-ethyl adjacent to an activating group) is 1. The standard InChI is InChI=1S/C14H22ClN3O2S/c1-2-18(12-4-5-12)8-7-17-21(19,20)13-6-3-11(10-16)14(15)9-13/h3,6,9,12,17H,2,4-5,7-8,10,16H2,1H3. The van der Waals surface area contributed by atoms with Crippen LogP contribution in [0.2, 0.25) is 5.02 Å². The number of hydrogen-bond acceptors (Lipinski definition) is 4. The van der Waals surface area contributed by atoms with E-state index in [0.29, 0.717) is 24.2 Å². The van der Waals surface area contributed by atoms with E-state index >= 15 is 0 Å². The molecule has 0 amide bonds. The highest BCUT2D eigenvalue weighted by Crippen LogP contribution is 2.26. The lowest BCUT2D eigenvalue weighted by molar-refractivity contribution is 0.282. The van der Waals surface area contributed by atoms with Crippen LogP contribution in [0.15, 0.2) is 23.1 Å². The summed E-state index contributed by atoms with van der Waals surface area (Å²) in [6.07, 6.45) is 2.44. The molecule has 0 aliphatic heterocycles. The normalized spacial score (nSPS) is 15.6. The van der Waals surface area contributed by atoms with E-state index in [1.54, 1.807) is 6.07 Å². The van der Waals surface area contributed by atoms with Gasteiger partial charge in [0.1, 0.15) is 0 Å². The summed E-state index contributed by atoms with van der Waals surface area (Å²) >= 11 is 6.01. The molecule has 0 aromatic heterocycles. The molecule has 0 unspecified atom stereocenters. The Bertz CT molecular complexity index is 588. The minimum atomic E-state index is -3.52. The monoisotopic (exact) mass is 331 g/mol. The van der Waals surface area contributed by atoms with Gasteiger partial charge < -0.3 is 5.73 Å². The predicted octanol–water partition coefficient (Wildman–Crippen LogP) is 1.56. The largest absolute Gasteiger partial charge is 0.326 e. The minimum Gasteiger partial charge on any atom is -0.326 e. The van der Waals surface area contributed by atoms with Crippen LogP contribution in [-0.4, -0.2) is 39.0 Å². The molecular formula is C14H22ClN3O2S. The van der Waals surface area contributed by atoms with Crippen LogP contribution in [0.1, 0.15) is 25.3 Å². The minimum absolute atomic E-state index is 0.180. The summed E-state index contributed by atoms with van der Waals surface area (Å²) in [5.74, 6) is 0. The quantitative estimate of drug-likeness (QED) is 0.758. The molecule has 5 nitrogen and oxygen atoms in total. The fourth-order valence-corrected chi connectivity index (χ4v) is 3.68. The van der Waals surface area contributed by atoms with E-state index in [1.807, 2.05) is 0 Å². The maximum absolute atomic E-state index is 12.2. The van der Waals surface area contributed by atoms with Crippen molar-refractivity contribution in [1.82, 2.24) is 9.62 Å². The van der Waals surface area contributed by atoms with Crippen LogP contribution in [0.25, 0.3) is 0 Å². The number of rotatable bonds is 8. The van der Waals surface area contributed by atoms with Crippen LogP contribution < -0.4 is 10.5 Å². The molecule has 21 heavy (non-hydrogen) atoms. The second-order valence-electron chi connectivity index (χ2n) is 5.21. The summed E-state index contributed by atoms with van der Waals surface area (Å²) in [6, 6.07) is 5.27. The van der Waals surface area contributed by atoms with Gasteiger partial charge in [0.05, 0.1) is 4.90 Å². The lowest BCUT2D eigenvalue weighted by Crippen LogP contribution is -2.36. The van der Waals surface area contributed by atoms with Crippen LogP contribution in [0, 0.1) is 0 Å². The van der Waals surface area contributed by atoms with Crippen molar-refractivity contribution in [2.45, 2.75) is 37.2 Å². The van der Waals surface area contributed by atoms with E-state index in [-0.39, 0.29) is 4.90 Å². The SMILES string of the molecule is CCN(CCNS(=O)(=O)c1ccc(CN)c(Cl)c1)C1CC1. The van der Waals surface area contributed by atoms with E-state index in [1.165, 1.54) is 25.0 Å². The molecule has 1 saturated carbocycles. The Morgan fingerprint density at radius 3 is 2.67 bits per heavy atom. The van der Waals surface area contributed by atoms with Gasteiger partial charge in [-0.2, -0.15) is 0 Å². The molecular weight excluding hydrogens is 310 g/mol. The van der Waals surface area contributed by atoms with Crippen molar-refractivity contribution in [3.05, 3.63) is 28.8 Å². The Morgan fingerprint density at radius 2 is 2.14 bits per heavy atom. The molecule has 0 saturated heterocycles. The van der Waals surface area contributed by atoms with Gasteiger partial charge in [0, 0.05) is 30.7 Å². The third-order valence-corrected chi connectivity index (χ3v) is 5.53. The number of halogens is 1. The van der Waals surface area contributed by atoms with Crippen LogP contribution in [-0.2, 0) is 16.6 Å². The van der Waals surface area contributed by atoms with E-state index in [2.05, 4.69) is 16.5 Å². The van der Waals surface area contributed by atoms with Crippen molar-refractivity contribution in [3.63, 3.8) is 0 Å².